The van der Waals surface area contributed by atoms with Crippen LogP contribution in [0, 0.1) is 5.92 Å². The third kappa shape index (κ3) is 3.82. The fourth-order valence-electron chi connectivity index (χ4n) is 4.41. The molecule has 0 saturated carbocycles. The SMILES string of the molecule is CC(CCC[C@H]1O[C@@H](n2cnc3c(N4CCOCC4)ncnc32)[C@](C)(F)[C@]1(C)O)C(=O)O. The summed E-state index contributed by atoms with van der Waals surface area (Å²) in [4.78, 5) is 26.2. The average Bonchev–Trinajstić information content (AvgIpc) is 3.26. The first-order valence-corrected chi connectivity index (χ1v) is 10.9. The highest BCUT2D eigenvalue weighted by Crippen LogP contribution is 2.50. The second-order valence-electron chi connectivity index (χ2n) is 8.99. The van der Waals surface area contributed by atoms with Crippen LogP contribution in [-0.4, -0.2) is 79.4 Å². The van der Waals surface area contributed by atoms with Gasteiger partial charge in [0.2, 0.25) is 0 Å². The topological polar surface area (TPSA) is 123 Å². The van der Waals surface area contributed by atoms with E-state index in [1.165, 1.54) is 31.1 Å². The van der Waals surface area contributed by atoms with Gasteiger partial charge in [-0.3, -0.25) is 9.36 Å². The van der Waals surface area contributed by atoms with Crippen LogP contribution in [0.4, 0.5) is 10.2 Å². The maximum atomic E-state index is 16.0. The summed E-state index contributed by atoms with van der Waals surface area (Å²) >= 11 is 0. The molecule has 0 bridgehead atoms. The average molecular weight is 451 g/mol. The smallest absolute Gasteiger partial charge is 0.306 e. The summed E-state index contributed by atoms with van der Waals surface area (Å²) in [5.74, 6) is -0.735. The number of aliphatic carboxylic acids is 1. The van der Waals surface area contributed by atoms with Gasteiger partial charge in [0.15, 0.2) is 28.9 Å². The number of carboxylic acid groups (broad SMARTS) is 1. The lowest BCUT2D eigenvalue weighted by molar-refractivity contribution is -0.141. The van der Waals surface area contributed by atoms with Crippen molar-refractivity contribution in [2.45, 2.75) is 63.6 Å². The lowest BCUT2D eigenvalue weighted by Crippen LogP contribution is -2.50. The number of carboxylic acids is 1. The van der Waals surface area contributed by atoms with E-state index in [0.29, 0.717) is 62.5 Å². The molecule has 2 aliphatic rings. The summed E-state index contributed by atoms with van der Waals surface area (Å²) in [5, 5.41) is 20.1. The van der Waals surface area contributed by atoms with Crippen LogP contribution < -0.4 is 4.90 Å². The summed E-state index contributed by atoms with van der Waals surface area (Å²) in [6.45, 7) is 6.88. The number of hydrogen-bond donors (Lipinski definition) is 2. The zero-order chi connectivity index (χ0) is 23.1. The monoisotopic (exact) mass is 451 g/mol. The Kier molecular flexibility index (Phi) is 6.08. The molecule has 0 amide bonds. The summed E-state index contributed by atoms with van der Waals surface area (Å²) in [6, 6.07) is 0. The molecule has 11 heteroatoms. The van der Waals surface area contributed by atoms with Gasteiger partial charge in [-0.1, -0.05) is 6.92 Å². The molecule has 176 valence electrons. The van der Waals surface area contributed by atoms with E-state index in [9.17, 15) is 9.90 Å². The molecule has 2 fully saturated rings. The Labute approximate surface area is 185 Å². The van der Waals surface area contributed by atoms with Crippen LogP contribution in [0.25, 0.3) is 11.2 Å². The van der Waals surface area contributed by atoms with Crippen molar-refractivity contribution < 1.29 is 28.9 Å². The minimum atomic E-state index is -2.13. The van der Waals surface area contributed by atoms with Crippen molar-refractivity contribution in [3.8, 4) is 0 Å². The van der Waals surface area contributed by atoms with Crippen LogP contribution in [0.5, 0.6) is 0 Å². The zero-order valence-electron chi connectivity index (χ0n) is 18.6. The van der Waals surface area contributed by atoms with E-state index < -0.39 is 35.5 Å². The molecule has 32 heavy (non-hydrogen) atoms. The molecule has 0 aromatic carbocycles. The molecule has 2 N–H and O–H groups in total. The number of fused-ring (bicyclic) bond motifs is 1. The summed E-state index contributed by atoms with van der Waals surface area (Å²) in [5.41, 5.74) is -2.95. The Morgan fingerprint density at radius 1 is 1.31 bits per heavy atom. The molecule has 5 atom stereocenters. The number of aromatic nitrogens is 4. The molecule has 10 nitrogen and oxygen atoms in total. The molecule has 0 aliphatic carbocycles. The number of hydrogen-bond acceptors (Lipinski definition) is 8. The fraction of sp³-hybridized carbons (Fsp3) is 0.714. The minimum Gasteiger partial charge on any atom is -0.481 e. The minimum absolute atomic E-state index is 0.335. The van der Waals surface area contributed by atoms with Crippen LogP contribution >= 0.6 is 0 Å². The molecule has 0 radical (unpaired) electrons. The number of alkyl halides is 1. The zero-order valence-corrected chi connectivity index (χ0v) is 18.6. The number of carbonyl (C=O) groups is 1. The van der Waals surface area contributed by atoms with E-state index in [-0.39, 0.29) is 0 Å². The Morgan fingerprint density at radius 2 is 2.03 bits per heavy atom. The number of aliphatic hydroxyl groups is 1. The first-order chi connectivity index (χ1) is 15.1. The second-order valence-corrected chi connectivity index (χ2v) is 8.99. The van der Waals surface area contributed by atoms with Crippen molar-refractivity contribution in [3.63, 3.8) is 0 Å². The number of ether oxygens (including phenoxy) is 2. The summed E-state index contributed by atoms with van der Waals surface area (Å²) in [7, 11) is 0. The maximum Gasteiger partial charge on any atom is 0.306 e. The second kappa shape index (κ2) is 8.53. The van der Waals surface area contributed by atoms with Gasteiger partial charge in [-0.2, -0.15) is 0 Å². The Morgan fingerprint density at radius 3 is 2.72 bits per heavy atom. The summed E-state index contributed by atoms with van der Waals surface area (Å²) < 4.78 is 28.9. The Bertz CT molecular complexity index is 975. The number of morpholine rings is 1. The van der Waals surface area contributed by atoms with Gasteiger partial charge in [0.25, 0.3) is 0 Å². The van der Waals surface area contributed by atoms with E-state index >= 15 is 4.39 Å². The molecular formula is C21H30FN5O5. The molecule has 2 aromatic heterocycles. The predicted octanol–water partition coefficient (Wildman–Crippen LogP) is 1.93. The predicted molar refractivity (Wildman–Crippen MR) is 113 cm³/mol. The van der Waals surface area contributed by atoms with Crippen molar-refractivity contribution >= 4 is 23.0 Å². The van der Waals surface area contributed by atoms with Gasteiger partial charge < -0.3 is 24.6 Å². The molecule has 0 spiro atoms. The van der Waals surface area contributed by atoms with Crippen LogP contribution in [0.3, 0.4) is 0 Å². The number of halogens is 1. The van der Waals surface area contributed by atoms with Crippen molar-refractivity contribution in [1.82, 2.24) is 19.5 Å². The van der Waals surface area contributed by atoms with Crippen molar-refractivity contribution in [2.75, 3.05) is 31.2 Å². The third-order valence-corrected chi connectivity index (χ3v) is 6.80. The van der Waals surface area contributed by atoms with Gasteiger partial charge in [-0.15, -0.1) is 0 Å². The third-order valence-electron chi connectivity index (χ3n) is 6.80. The van der Waals surface area contributed by atoms with Gasteiger partial charge in [-0.05, 0) is 33.1 Å². The first-order valence-electron chi connectivity index (χ1n) is 10.9. The lowest BCUT2D eigenvalue weighted by Gasteiger charge is -2.33. The van der Waals surface area contributed by atoms with Crippen LogP contribution in [0.15, 0.2) is 12.7 Å². The summed E-state index contributed by atoms with van der Waals surface area (Å²) in [6.07, 6.45) is 2.18. The molecule has 2 aromatic rings. The van der Waals surface area contributed by atoms with Crippen LogP contribution in [0.2, 0.25) is 0 Å². The standard InChI is InChI=1S/C21H30FN5O5/c1-13(18(28)29)5-4-6-14-21(3,30)20(2,22)19(32-14)27-12-25-15-16(23-11-24-17(15)27)26-7-9-31-10-8-26/h11-14,19,30H,4-10H2,1-3H3,(H,28,29)/t13?,14-,19-,20+,21-/m1/s1. The van der Waals surface area contributed by atoms with Gasteiger partial charge >= 0.3 is 5.97 Å². The molecular weight excluding hydrogens is 421 g/mol. The quantitative estimate of drug-likeness (QED) is 0.650. The van der Waals surface area contributed by atoms with E-state index in [0.717, 1.165) is 0 Å². The molecule has 2 aliphatic heterocycles. The molecule has 4 rings (SSSR count). The largest absolute Gasteiger partial charge is 0.481 e. The maximum absolute atomic E-state index is 16.0. The van der Waals surface area contributed by atoms with Crippen LogP contribution in [0.1, 0.15) is 46.3 Å². The number of anilines is 1. The number of nitrogens with zero attached hydrogens (tertiary/aromatic N) is 5. The van der Waals surface area contributed by atoms with Gasteiger partial charge in [-0.25, -0.2) is 19.3 Å². The van der Waals surface area contributed by atoms with Gasteiger partial charge in [0.05, 0.1) is 31.6 Å². The fourth-order valence-corrected chi connectivity index (χ4v) is 4.41. The van der Waals surface area contributed by atoms with Crippen molar-refractivity contribution in [1.29, 1.82) is 0 Å². The Balaban J connectivity index is 1.59. The number of imidazole rings is 1. The van der Waals surface area contributed by atoms with Crippen LogP contribution in [-0.2, 0) is 14.3 Å². The number of rotatable bonds is 7. The van der Waals surface area contributed by atoms with E-state index in [2.05, 4.69) is 19.9 Å². The van der Waals surface area contributed by atoms with E-state index in [1.54, 1.807) is 6.92 Å². The highest BCUT2D eigenvalue weighted by atomic mass is 19.1. The van der Waals surface area contributed by atoms with Crippen molar-refractivity contribution in [3.05, 3.63) is 12.7 Å². The van der Waals surface area contributed by atoms with Crippen molar-refractivity contribution in [2.24, 2.45) is 5.92 Å². The highest BCUT2D eigenvalue weighted by molar-refractivity contribution is 5.83. The molecule has 1 unspecified atom stereocenters. The Hall–Kier alpha value is -2.37. The normalized spacial score (nSPS) is 31.8. The highest BCUT2D eigenvalue weighted by Gasteiger charge is 2.62. The first kappa shape index (κ1) is 22.8. The molecule has 2 saturated heterocycles. The van der Waals surface area contributed by atoms with Gasteiger partial charge in [0, 0.05) is 13.1 Å². The lowest BCUT2D eigenvalue weighted by atomic mass is 9.82. The van der Waals surface area contributed by atoms with Gasteiger partial charge in [0.1, 0.15) is 11.9 Å². The van der Waals surface area contributed by atoms with E-state index in [1.807, 2.05) is 0 Å². The van der Waals surface area contributed by atoms with E-state index in [4.69, 9.17) is 14.6 Å². The molecule has 4 heterocycles.